The number of phenolic OH excluding ortho intramolecular Hbond substituents is 1. The van der Waals surface area contributed by atoms with Crippen molar-refractivity contribution < 1.29 is 14.3 Å². The van der Waals surface area contributed by atoms with Gasteiger partial charge in [0, 0.05) is 6.07 Å². The van der Waals surface area contributed by atoms with Gasteiger partial charge in [-0.2, -0.15) is 4.98 Å². The number of phenols is 1. The molecule has 0 aliphatic carbocycles. The van der Waals surface area contributed by atoms with Crippen LogP contribution in [0.15, 0.2) is 27.4 Å². The van der Waals surface area contributed by atoms with Crippen LogP contribution in [0.25, 0.3) is 10.9 Å². The first-order chi connectivity index (χ1) is 14.2. The highest BCUT2D eigenvalue weighted by Gasteiger charge is 2.08. The second-order valence-electron chi connectivity index (χ2n) is 7.91. The summed E-state index contributed by atoms with van der Waals surface area (Å²) in [5.74, 6) is 0.0634. The van der Waals surface area contributed by atoms with E-state index in [4.69, 9.17) is 9.15 Å². The number of aromatic hydroxyl groups is 1. The van der Waals surface area contributed by atoms with Gasteiger partial charge in [0.05, 0.1) is 17.5 Å². The molecular weight excluding hydrogens is 366 g/mol. The molecule has 0 saturated carbocycles. The Morgan fingerprint density at radius 2 is 1.41 bits per heavy atom. The zero-order valence-electron chi connectivity index (χ0n) is 18.0. The first-order valence-corrected chi connectivity index (χ1v) is 11.5. The lowest BCUT2D eigenvalue weighted by Gasteiger charge is -2.05. The molecule has 0 aliphatic heterocycles. The topological polar surface area (TPSA) is 72.6 Å². The summed E-state index contributed by atoms with van der Waals surface area (Å²) in [5.41, 5.74) is -0.108. The average Bonchev–Trinajstić information content (AvgIpc) is 2.70. The molecule has 0 fully saturated rings. The molecule has 0 unspecified atom stereocenters. The summed E-state index contributed by atoms with van der Waals surface area (Å²) in [6, 6.07) is 4.38. The zero-order valence-corrected chi connectivity index (χ0v) is 18.0. The molecule has 5 nitrogen and oxygen atoms in total. The molecule has 1 N–H and O–H groups in total. The Hall–Kier alpha value is -2.04. The molecule has 0 amide bonds. The van der Waals surface area contributed by atoms with Crippen molar-refractivity contribution >= 4 is 10.9 Å². The van der Waals surface area contributed by atoms with Gasteiger partial charge >= 0.3 is 11.7 Å². The number of hydrogen-bond donors (Lipinski definition) is 1. The minimum Gasteiger partial charge on any atom is -0.508 e. The Morgan fingerprint density at radius 1 is 0.862 bits per heavy atom. The van der Waals surface area contributed by atoms with Crippen molar-refractivity contribution in [3.8, 4) is 11.8 Å². The maximum Gasteiger partial charge on any atom is 0.397 e. The van der Waals surface area contributed by atoms with Gasteiger partial charge in [-0.05, 0) is 18.6 Å². The fourth-order valence-corrected chi connectivity index (χ4v) is 3.56. The van der Waals surface area contributed by atoms with Crippen molar-refractivity contribution in [1.82, 2.24) is 4.98 Å². The predicted molar refractivity (Wildman–Crippen MR) is 118 cm³/mol. The molecule has 0 aliphatic rings. The first-order valence-electron chi connectivity index (χ1n) is 11.5. The quantitative estimate of drug-likeness (QED) is 0.314. The van der Waals surface area contributed by atoms with Gasteiger partial charge in [-0.25, -0.2) is 4.79 Å². The second-order valence-corrected chi connectivity index (χ2v) is 7.91. The fourth-order valence-electron chi connectivity index (χ4n) is 3.56. The molecule has 2 rings (SSSR count). The van der Waals surface area contributed by atoms with E-state index in [9.17, 15) is 9.90 Å². The summed E-state index contributed by atoms with van der Waals surface area (Å²) in [4.78, 5) is 16.1. The summed E-state index contributed by atoms with van der Waals surface area (Å²) >= 11 is 0. The maximum atomic E-state index is 11.9. The number of rotatable bonds is 16. The third-order valence-corrected chi connectivity index (χ3v) is 5.32. The minimum absolute atomic E-state index is 0.0252. The molecule has 1 aromatic heterocycles. The number of aromatic nitrogens is 1. The van der Waals surface area contributed by atoms with Crippen LogP contribution in [-0.4, -0.2) is 16.7 Å². The van der Waals surface area contributed by atoms with Crippen molar-refractivity contribution in [3.05, 3.63) is 28.6 Å². The monoisotopic (exact) mass is 403 g/mol. The summed E-state index contributed by atoms with van der Waals surface area (Å²) in [6.07, 6.45) is 18.3. The summed E-state index contributed by atoms with van der Waals surface area (Å²) in [7, 11) is 0. The van der Waals surface area contributed by atoms with E-state index in [0.29, 0.717) is 17.5 Å². The van der Waals surface area contributed by atoms with E-state index in [-0.39, 0.29) is 11.8 Å². The molecule has 162 valence electrons. The number of nitrogens with zero attached hydrogens (tertiary/aromatic N) is 1. The maximum absolute atomic E-state index is 11.9. The van der Waals surface area contributed by atoms with Crippen molar-refractivity contribution in [2.24, 2.45) is 0 Å². The Bertz CT molecular complexity index is 756. The Kier molecular flexibility index (Phi) is 11.2. The molecule has 29 heavy (non-hydrogen) atoms. The van der Waals surface area contributed by atoms with Crippen LogP contribution in [0.1, 0.15) is 96.8 Å². The van der Waals surface area contributed by atoms with Gasteiger partial charge in [0.2, 0.25) is 0 Å². The van der Waals surface area contributed by atoms with Crippen molar-refractivity contribution in [1.29, 1.82) is 0 Å². The van der Waals surface area contributed by atoms with E-state index in [1.807, 2.05) is 0 Å². The van der Waals surface area contributed by atoms with Crippen LogP contribution in [0, 0.1) is 0 Å². The average molecular weight is 404 g/mol. The van der Waals surface area contributed by atoms with Crippen LogP contribution in [0.3, 0.4) is 0 Å². The van der Waals surface area contributed by atoms with Gasteiger partial charge in [0.15, 0.2) is 0 Å². The van der Waals surface area contributed by atoms with E-state index in [2.05, 4.69) is 11.9 Å². The van der Waals surface area contributed by atoms with Gasteiger partial charge in [0.25, 0.3) is 0 Å². The van der Waals surface area contributed by atoms with Gasteiger partial charge in [-0.1, -0.05) is 90.4 Å². The summed E-state index contributed by atoms with van der Waals surface area (Å²) in [5, 5.41) is 9.85. The SMILES string of the molecule is CCCCCCCCCCCCCCCCOc1nc2cc(O)ccc2c(=O)o1. The highest BCUT2D eigenvalue weighted by atomic mass is 16.6. The molecule has 1 aromatic carbocycles. The lowest BCUT2D eigenvalue weighted by atomic mass is 10.0. The predicted octanol–water partition coefficient (Wildman–Crippen LogP) is 6.75. The summed E-state index contributed by atoms with van der Waals surface area (Å²) in [6.45, 7) is 2.75. The molecule has 0 spiro atoms. The third-order valence-electron chi connectivity index (χ3n) is 5.32. The smallest absolute Gasteiger partial charge is 0.397 e. The lowest BCUT2D eigenvalue weighted by Crippen LogP contribution is -2.06. The van der Waals surface area contributed by atoms with Crippen LogP contribution >= 0.6 is 0 Å². The number of ether oxygens (including phenoxy) is 1. The second kappa shape index (κ2) is 14.0. The van der Waals surface area contributed by atoms with E-state index >= 15 is 0 Å². The molecule has 2 aromatic rings. The minimum atomic E-state index is -0.494. The number of unbranched alkanes of at least 4 members (excludes halogenated alkanes) is 13. The molecule has 1 heterocycles. The highest BCUT2D eigenvalue weighted by molar-refractivity contribution is 5.78. The Morgan fingerprint density at radius 3 is 2.00 bits per heavy atom. The molecule has 0 saturated heterocycles. The van der Waals surface area contributed by atoms with E-state index in [1.165, 1.54) is 95.2 Å². The standard InChI is InChI=1S/C24H37NO4/c1-2-3-4-5-6-7-8-9-10-11-12-13-14-15-18-28-24-25-22-19-20(26)16-17-21(22)23(27)29-24/h16-17,19,26H,2-15,18H2,1H3. The van der Waals surface area contributed by atoms with E-state index in [1.54, 1.807) is 0 Å². The van der Waals surface area contributed by atoms with Crippen LogP contribution < -0.4 is 10.4 Å². The molecule has 0 bridgehead atoms. The molecule has 0 radical (unpaired) electrons. The molecule has 5 heteroatoms. The normalized spacial score (nSPS) is 11.2. The van der Waals surface area contributed by atoms with Crippen molar-refractivity contribution in [2.45, 2.75) is 96.8 Å². The molecular formula is C24H37NO4. The van der Waals surface area contributed by atoms with Crippen LogP contribution in [0.2, 0.25) is 0 Å². The number of benzene rings is 1. The largest absolute Gasteiger partial charge is 0.508 e. The van der Waals surface area contributed by atoms with Crippen LogP contribution in [-0.2, 0) is 0 Å². The summed E-state index contributed by atoms with van der Waals surface area (Å²) < 4.78 is 10.6. The van der Waals surface area contributed by atoms with E-state index in [0.717, 1.165) is 12.8 Å². The van der Waals surface area contributed by atoms with Crippen molar-refractivity contribution in [3.63, 3.8) is 0 Å². The fraction of sp³-hybridized carbons (Fsp3) is 0.667. The van der Waals surface area contributed by atoms with Gasteiger partial charge < -0.3 is 14.3 Å². The third kappa shape index (κ3) is 9.33. The first kappa shape index (κ1) is 23.2. The highest BCUT2D eigenvalue weighted by Crippen LogP contribution is 2.18. The van der Waals surface area contributed by atoms with Crippen molar-refractivity contribution in [2.75, 3.05) is 6.61 Å². The Balaban J connectivity index is 1.46. The van der Waals surface area contributed by atoms with Gasteiger partial charge in [0.1, 0.15) is 5.75 Å². The van der Waals surface area contributed by atoms with Gasteiger partial charge in [-0.15, -0.1) is 0 Å². The van der Waals surface area contributed by atoms with Gasteiger partial charge in [-0.3, -0.25) is 0 Å². The number of fused-ring (bicyclic) bond motifs is 1. The zero-order chi connectivity index (χ0) is 20.7. The lowest BCUT2D eigenvalue weighted by molar-refractivity contribution is 0.211. The Labute approximate surface area is 174 Å². The van der Waals surface area contributed by atoms with Crippen LogP contribution in [0.5, 0.6) is 11.8 Å². The molecule has 0 atom stereocenters. The van der Waals surface area contributed by atoms with E-state index < -0.39 is 5.63 Å². The number of hydrogen-bond acceptors (Lipinski definition) is 5. The van der Waals surface area contributed by atoms with Crippen LogP contribution in [0.4, 0.5) is 0 Å².